The van der Waals surface area contributed by atoms with Gasteiger partial charge in [0.2, 0.25) is 6.79 Å². The van der Waals surface area contributed by atoms with Crippen LogP contribution in [0, 0.1) is 0 Å². The number of hydrogen-bond acceptors (Lipinski definition) is 6. The average molecular weight is 370 g/mol. The smallest absolute Gasteiger partial charge is 0.338 e. The van der Waals surface area contributed by atoms with E-state index in [1.165, 1.54) is 17.0 Å². The summed E-state index contributed by atoms with van der Waals surface area (Å²) >= 11 is 0. The first-order valence-electron chi connectivity index (χ1n) is 8.12. The first-order chi connectivity index (χ1) is 12.9. The van der Waals surface area contributed by atoms with Crippen LogP contribution in [0.1, 0.15) is 20.7 Å². The Hall–Kier alpha value is -3.55. The summed E-state index contributed by atoms with van der Waals surface area (Å²) in [5.41, 5.74) is 1.26. The van der Waals surface area contributed by atoms with Gasteiger partial charge in [-0.3, -0.25) is 9.59 Å². The van der Waals surface area contributed by atoms with E-state index in [-0.39, 0.29) is 18.3 Å². The molecule has 0 unspecified atom stereocenters. The van der Waals surface area contributed by atoms with Crippen LogP contribution in [0.15, 0.2) is 42.5 Å². The minimum Gasteiger partial charge on any atom is -0.454 e. The summed E-state index contributed by atoms with van der Waals surface area (Å²) in [4.78, 5) is 37.3. The number of carbonyl (C=O) groups is 3. The van der Waals surface area contributed by atoms with Gasteiger partial charge >= 0.3 is 5.97 Å². The zero-order valence-corrected chi connectivity index (χ0v) is 14.9. The van der Waals surface area contributed by atoms with Crippen molar-refractivity contribution in [3.05, 3.63) is 53.6 Å². The number of esters is 1. The third-order valence-electron chi connectivity index (χ3n) is 3.76. The Morgan fingerprint density at radius 2 is 1.67 bits per heavy atom. The summed E-state index contributed by atoms with van der Waals surface area (Å²) in [5.74, 6) is -0.251. The Morgan fingerprint density at radius 1 is 1.00 bits per heavy atom. The Balaban J connectivity index is 1.52. The number of ether oxygens (including phenoxy) is 3. The van der Waals surface area contributed by atoms with Crippen LogP contribution < -0.4 is 14.8 Å². The fourth-order valence-electron chi connectivity index (χ4n) is 2.39. The normalized spacial score (nSPS) is 11.6. The second kappa shape index (κ2) is 7.77. The molecule has 0 aromatic heterocycles. The van der Waals surface area contributed by atoms with E-state index in [1.807, 2.05) is 0 Å². The highest BCUT2D eigenvalue weighted by atomic mass is 16.7. The fourth-order valence-corrected chi connectivity index (χ4v) is 2.39. The lowest BCUT2D eigenvalue weighted by atomic mass is 10.2. The number of carbonyl (C=O) groups excluding carboxylic acids is 3. The van der Waals surface area contributed by atoms with E-state index in [1.54, 1.807) is 44.4 Å². The summed E-state index contributed by atoms with van der Waals surface area (Å²) in [6.07, 6.45) is 0. The van der Waals surface area contributed by atoms with E-state index in [9.17, 15) is 14.4 Å². The predicted molar refractivity (Wildman–Crippen MR) is 95.9 cm³/mol. The van der Waals surface area contributed by atoms with Gasteiger partial charge in [-0.05, 0) is 42.5 Å². The molecule has 0 radical (unpaired) electrons. The summed E-state index contributed by atoms with van der Waals surface area (Å²) in [6, 6.07) is 11.1. The maximum Gasteiger partial charge on any atom is 0.338 e. The average Bonchev–Trinajstić information content (AvgIpc) is 3.13. The van der Waals surface area contributed by atoms with Crippen LogP contribution in [0.25, 0.3) is 0 Å². The van der Waals surface area contributed by atoms with Crippen LogP contribution in [0.2, 0.25) is 0 Å². The van der Waals surface area contributed by atoms with Gasteiger partial charge in [0.1, 0.15) is 0 Å². The van der Waals surface area contributed by atoms with E-state index in [4.69, 9.17) is 14.2 Å². The molecule has 0 atom stereocenters. The van der Waals surface area contributed by atoms with Gasteiger partial charge in [-0.2, -0.15) is 0 Å². The third kappa shape index (κ3) is 4.35. The molecule has 2 aromatic rings. The second-order valence-electron chi connectivity index (χ2n) is 5.97. The number of nitrogens with one attached hydrogen (secondary N) is 1. The second-order valence-corrected chi connectivity index (χ2v) is 5.97. The number of benzene rings is 2. The quantitative estimate of drug-likeness (QED) is 0.808. The molecule has 1 heterocycles. The highest BCUT2D eigenvalue weighted by Gasteiger charge is 2.17. The van der Waals surface area contributed by atoms with Gasteiger partial charge in [0, 0.05) is 25.3 Å². The van der Waals surface area contributed by atoms with Gasteiger partial charge in [-0.15, -0.1) is 0 Å². The molecule has 140 valence electrons. The lowest BCUT2D eigenvalue weighted by molar-refractivity contribution is -0.119. The van der Waals surface area contributed by atoms with Crippen LogP contribution in [-0.2, 0) is 9.53 Å². The molecule has 0 saturated carbocycles. The molecular formula is C19H18N2O6. The predicted octanol–water partition coefficient (Wildman–Crippen LogP) is 1.91. The molecular weight excluding hydrogens is 352 g/mol. The van der Waals surface area contributed by atoms with Crippen molar-refractivity contribution in [3.63, 3.8) is 0 Å². The number of nitrogens with zero attached hydrogens (tertiary/aromatic N) is 1. The molecule has 0 saturated heterocycles. The molecule has 0 bridgehead atoms. The largest absolute Gasteiger partial charge is 0.454 e. The Kier molecular flexibility index (Phi) is 5.25. The van der Waals surface area contributed by atoms with Crippen molar-refractivity contribution in [3.8, 4) is 11.5 Å². The monoisotopic (exact) mass is 370 g/mol. The Morgan fingerprint density at radius 3 is 2.37 bits per heavy atom. The van der Waals surface area contributed by atoms with Crippen molar-refractivity contribution in [2.75, 3.05) is 32.8 Å². The zero-order chi connectivity index (χ0) is 19.4. The van der Waals surface area contributed by atoms with E-state index in [0.717, 1.165) is 0 Å². The van der Waals surface area contributed by atoms with Gasteiger partial charge in [0.25, 0.3) is 11.8 Å². The van der Waals surface area contributed by atoms with Crippen molar-refractivity contribution in [2.45, 2.75) is 0 Å². The minimum atomic E-state index is -0.643. The summed E-state index contributed by atoms with van der Waals surface area (Å²) < 4.78 is 15.4. The number of anilines is 1. The number of amides is 2. The van der Waals surface area contributed by atoms with Crippen LogP contribution >= 0.6 is 0 Å². The van der Waals surface area contributed by atoms with Crippen molar-refractivity contribution in [2.24, 2.45) is 0 Å². The molecule has 0 fully saturated rings. The Labute approximate surface area is 155 Å². The molecule has 1 N–H and O–H groups in total. The topological polar surface area (TPSA) is 94.2 Å². The molecule has 3 rings (SSSR count). The van der Waals surface area contributed by atoms with Crippen LogP contribution in [0.5, 0.6) is 11.5 Å². The van der Waals surface area contributed by atoms with E-state index < -0.39 is 18.5 Å². The lowest BCUT2D eigenvalue weighted by Gasteiger charge is -2.11. The maximum absolute atomic E-state index is 12.0. The molecule has 2 amide bonds. The van der Waals surface area contributed by atoms with E-state index in [0.29, 0.717) is 22.7 Å². The number of fused-ring (bicyclic) bond motifs is 1. The standard InChI is InChI=1S/C19H18N2O6/c1-21(2)18(23)12-3-6-14(7-4-12)20-17(22)10-25-19(24)13-5-8-15-16(9-13)27-11-26-15/h3-9H,10-11H2,1-2H3,(H,20,22). The first-order valence-corrected chi connectivity index (χ1v) is 8.12. The molecule has 27 heavy (non-hydrogen) atoms. The van der Waals surface area contributed by atoms with Crippen LogP contribution in [-0.4, -0.2) is 50.2 Å². The molecule has 1 aliphatic rings. The summed E-state index contributed by atoms with van der Waals surface area (Å²) in [7, 11) is 3.32. The van der Waals surface area contributed by atoms with Gasteiger partial charge in [-0.1, -0.05) is 0 Å². The SMILES string of the molecule is CN(C)C(=O)c1ccc(NC(=O)COC(=O)c2ccc3c(c2)OCO3)cc1. The summed E-state index contributed by atoms with van der Waals surface area (Å²) in [5, 5.41) is 2.60. The van der Waals surface area contributed by atoms with Crippen molar-refractivity contribution < 1.29 is 28.6 Å². The first kappa shape index (κ1) is 18.2. The lowest BCUT2D eigenvalue weighted by Crippen LogP contribution is -2.22. The maximum atomic E-state index is 12.0. The van der Waals surface area contributed by atoms with Crippen molar-refractivity contribution in [1.29, 1.82) is 0 Å². The van der Waals surface area contributed by atoms with E-state index >= 15 is 0 Å². The molecule has 0 aliphatic carbocycles. The fraction of sp³-hybridized carbons (Fsp3) is 0.211. The van der Waals surface area contributed by atoms with Gasteiger partial charge < -0.3 is 24.4 Å². The highest BCUT2D eigenvalue weighted by molar-refractivity contribution is 5.97. The van der Waals surface area contributed by atoms with Crippen LogP contribution in [0.4, 0.5) is 5.69 Å². The molecule has 2 aromatic carbocycles. The highest BCUT2D eigenvalue weighted by Crippen LogP contribution is 2.32. The van der Waals surface area contributed by atoms with Gasteiger partial charge in [0.15, 0.2) is 18.1 Å². The number of hydrogen-bond donors (Lipinski definition) is 1. The summed E-state index contributed by atoms with van der Waals surface area (Å²) in [6.45, 7) is -0.333. The molecule has 8 nitrogen and oxygen atoms in total. The van der Waals surface area contributed by atoms with E-state index in [2.05, 4.69) is 5.32 Å². The Bertz CT molecular complexity index is 876. The number of rotatable bonds is 5. The zero-order valence-electron chi connectivity index (χ0n) is 14.9. The van der Waals surface area contributed by atoms with Crippen LogP contribution in [0.3, 0.4) is 0 Å². The van der Waals surface area contributed by atoms with Gasteiger partial charge in [0.05, 0.1) is 5.56 Å². The third-order valence-corrected chi connectivity index (χ3v) is 3.76. The van der Waals surface area contributed by atoms with Crippen molar-refractivity contribution in [1.82, 2.24) is 4.90 Å². The van der Waals surface area contributed by atoms with Crippen molar-refractivity contribution >= 4 is 23.5 Å². The van der Waals surface area contributed by atoms with Gasteiger partial charge in [-0.25, -0.2) is 4.79 Å². The minimum absolute atomic E-state index is 0.106. The molecule has 8 heteroatoms. The molecule has 0 spiro atoms. The molecule has 1 aliphatic heterocycles.